The Labute approximate surface area is 174 Å². The molecule has 0 saturated carbocycles. The summed E-state index contributed by atoms with van der Waals surface area (Å²) in [5.74, 6) is -2.07. The number of carbonyl (C=O) groups is 3. The van der Waals surface area contributed by atoms with Crippen molar-refractivity contribution in [3.05, 3.63) is 22.8 Å². The van der Waals surface area contributed by atoms with Crippen LogP contribution in [0.2, 0.25) is 0 Å². The van der Waals surface area contributed by atoms with E-state index >= 15 is 0 Å². The van der Waals surface area contributed by atoms with Gasteiger partial charge in [0.2, 0.25) is 0 Å². The average Bonchev–Trinajstić information content (AvgIpc) is 3.05. The summed E-state index contributed by atoms with van der Waals surface area (Å²) >= 11 is 2.44. The highest BCUT2D eigenvalue weighted by Gasteiger charge is 2.51. The molecular formula is C15H18ClN5O5S2. The predicted molar refractivity (Wildman–Crippen MR) is 107 cm³/mol. The fraction of sp³-hybridized carbons (Fsp3) is 0.400. The summed E-state index contributed by atoms with van der Waals surface area (Å²) in [7, 11) is 0. The topological polar surface area (TPSA) is 147 Å². The number of carboxylic acids is 1. The van der Waals surface area contributed by atoms with Crippen molar-refractivity contribution in [1.29, 1.82) is 0 Å². The van der Waals surface area contributed by atoms with E-state index in [9.17, 15) is 19.5 Å². The van der Waals surface area contributed by atoms with Crippen molar-refractivity contribution < 1.29 is 24.3 Å². The fourth-order valence-electron chi connectivity index (χ4n) is 2.61. The molecule has 13 heteroatoms. The second-order valence-electron chi connectivity index (χ2n) is 5.68. The van der Waals surface area contributed by atoms with Gasteiger partial charge in [-0.15, -0.1) is 35.5 Å². The van der Waals surface area contributed by atoms with Crippen LogP contribution in [0.5, 0.6) is 0 Å². The third kappa shape index (κ3) is 4.08. The van der Waals surface area contributed by atoms with Gasteiger partial charge in [-0.05, 0) is 13.8 Å². The van der Waals surface area contributed by atoms with Gasteiger partial charge in [0.1, 0.15) is 23.7 Å². The minimum Gasteiger partial charge on any atom is -0.478 e. The summed E-state index contributed by atoms with van der Waals surface area (Å²) in [4.78, 5) is 46.5. The Morgan fingerprint density at radius 1 is 1.50 bits per heavy atom. The molecule has 0 radical (unpaired) electrons. The molecule has 0 aromatic carbocycles. The lowest BCUT2D eigenvalue weighted by atomic mass is 10.1. The highest BCUT2D eigenvalue weighted by atomic mass is 35.5. The number of β-lactam (4-membered cyclic amide) rings is 1. The second-order valence-corrected chi connectivity index (χ2v) is 8.04. The molecule has 3 atom stereocenters. The van der Waals surface area contributed by atoms with Crippen LogP contribution in [0.15, 0.2) is 22.3 Å². The second kappa shape index (κ2) is 8.80. The number of nitrogen functional groups attached to an aromatic ring is 1. The number of oxime groups is 1. The summed E-state index contributed by atoms with van der Waals surface area (Å²) < 4.78 is 0. The maximum Gasteiger partial charge on any atom is 0.334 e. The van der Waals surface area contributed by atoms with Crippen molar-refractivity contribution in [2.24, 2.45) is 5.16 Å². The van der Waals surface area contributed by atoms with Crippen LogP contribution in [0.4, 0.5) is 5.13 Å². The number of carboxylic acid groups (broad SMARTS) is 1. The van der Waals surface area contributed by atoms with E-state index in [1.54, 1.807) is 19.2 Å². The number of thioether (sulfide) groups is 1. The molecule has 1 aromatic rings. The first-order valence-electron chi connectivity index (χ1n) is 7.98. The van der Waals surface area contributed by atoms with E-state index in [1.165, 1.54) is 22.9 Å². The predicted octanol–water partition coefficient (Wildman–Crippen LogP) is 0.645. The number of anilines is 1. The van der Waals surface area contributed by atoms with Crippen LogP contribution in [0.25, 0.3) is 0 Å². The number of halogens is 1. The molecule has 28 heavy (non-hydrogen) atoms. The Bertz CT molecular complexity index is 858. The molecule has 0 aliphatic carbocycles. The number of thiazole rings is 1. The third-order valence-corrected chi connectivity index (χ3v) is 6.05. The zero-order valence-corrected chi connectivity index (χ0v) is 17.3. The lowest BCUT2D eigenvalue weighted by molar-refractivity contribution is -0.144. The number of hydrogen-bond donors (Lipinski definition) is 3. The molecule has 0 spiro atoms. The Morgan fingerprint density at radius 2 is 2.21 bits per heavy atom. The van der Waals surface area contributed by atoms with Crippen LogP contribution in [0, 0.1) is 0 Å². The first kappa shape index (κ1) is 22.0. The molecule has 1 fully saturated rings. The standard InChI is InChI=1S/C15H17N5O5S2.ClH/c1-3-25-19-9(8-5-26-15(16)17-8)11(21)18-10-12(22)20-4-7(14(23)24)6(2)27-13(10)20;/h4-6,10,13H,3H2,1-2H3,(H2,16,17)(H,18,21)(H,23,24);1H/t6?,10?,13-;/m1./s1. The molecule has 2 amide bonds. The molecule has 2 unspecified atom stereocenters. The van der Waals surface area contributed by atoms with Crippen LogP contribution in [0.3, 0.4) is 0 Å². The maximum atomic E-state index is 12.6. The number of carbonyl (C=O) groups excluding carboxylic acids is 2. The van der Waals surface area contributed by atoms with Crippen LogP contribution < -0.4 is 11.1 Å². The lowest BCUT2D eigenvalue weighted by Crippen LogP contribution is -2.69. The minimum atomic E-state index is -1.07. The van der Waals surface area contributed by atoms with Crippen molar-refractivity contribution in [2.75, 3.05) is 12.3 Å². The number of amides is 2. The first-order chi connectivity index (χ1) is 12.8. The van der Waals surface area contributed by atoms with Crippen molar-refractivity contribution >= 4 is 64.1 Å². The Morgan fingerprint density at radius 3 is 2.79 bits per heavy atom. The molecule has 2 aliphatic rings. The van der Waals surface area contributed by atoms with Crippen molar-refractivity contribution in [1.82, 2.24) is 15.2 Å². The molecule has 4 N–H and O–H groups in total. The van der Waals surface area contributed by atoms with E-state index in [0.717, 1.165) is 11.3 Å². The molecule has 3 heterocycles. The number of aliphatic carboxylic acids is 1. The van der Waals surface area contributed by atoms with Gasteiger partial charge in [-0.25, -0.2) is 9.78 Å². The maximum absolute atomic E-state index is 12.6. The fourth-order valence-corrected chi connectivity index (χ4v) is 4.52. The van der Waals surface area contributed by atoms with Gasteiger partial charge in [0.05, 0.1) is 5.57 Å². The number of fused-ring (bicyclic) bond motifs is 1. The molecule has 3 rings (SSSR count). The molecule has 152 valence electrons. The van der Waals surface area contributed by atoms with Crippen LogP contribution >= 0.6 is 35.5 Å². The van der Waals surface area contributed by atoms with Gasteiger partial charge in [-0.3, -0.25) is 9.59 Å². The number of hydrogen-bond acceptors (Lipinski definition) is 9. The Kier molecular flexibility index (Phi) is 6.91. The van der Waals surface area contributed by atoms with Gasteiger partial charge in [-0.2, -0.15) is 0 Å². The van der Waals surface area contributed by atoms with E-state index in [2.05, 4.69) is 15.5 Å². The lowest BCUT2D eigenvalue weighted by Gasteiger charge is -2.48. The number of nitrogens with two attached hydrogens (primary N) is 1. The molecule has 2 aliphatic heterocycles. The van der Waals surface area contributed by atoms with Gasteiger partial charge in [-0.1, -0.05) is 5.16 Å². The monoisotopic (exact) mass is 447 g/mol. The zero-order valence-electron chi connectivity index (χ0n) is 14.8. The van der Waals surface area contributed by atoms with Gasteiger partial charge in [0.25, 0.3) is 11.8 Å². The van der Waals surface area contributed by atoms with Gasteiger partial charge in [0.15, 0.2) is 10.8 Å². The number of aromatic nitrogens is 1. The Hall–Kier alpha value is -2.31. The van der Waals surface area contributed by atoms with E-state index < -0.39 is 17.9 Å². The van der Waals surface area contributed by atoms with E-state index in [4.69, 9.17) is 10.6 Å². The summed E-state index contributed by atoms with van der Waals surface area (Å²) in [5.41, 5.74) is 5.93. The van der Waals surface area contributed by atoms with Crippen LogP contribution in [-0.4, -0.2) is 61.8 Å². The van der Waals surface area contributed by atoms with E-state index in [1.807, 2.05) is 0 Å². The Balaban J connectivity index is 0.00000280. The van der Waals surface area contributed by atoms with Crippen molar-refractivity contribution in [2.45, 2.75) is 30.5 Å². The third-order valence-electron chi connectivity index (χ3n) is 3.94. The quantitative estimate of drug-likeness (QED) is 0.327. The first-order valence-corrected chi connectivity index (χ1v) is 9.80. The van der Waals surface area contributed by atoms with Gasteiger partial charge in [0, 0.05) is 16.8 Å². The zero-order chi connectivity index (χ0) is 19.7. The minimum absolute atomic E-state index is 0. The highest BCUT2D eigenvalue weighted by molar-refractivity contribution is 8.00. The van der Waals surface area contributed by atoms with Gasteiger partial charge >= 0.3 is 5.97 Å². The average molecular weight is 448 g/mol. The summed E-state index contributed by atoms with van der Waals surface area (Å²) in [6.07, 6.45) is 1.33. The van der Waals surface area contributed by atoms with Crippen molar-refractivity contribution in [3.8, 4) is 0 Å². The number of nitrogens with one attached hydrogen (secondary N) is 1. The molecule has 0 bridgehead atoms. The number of nitrogens with zero attached hydrogens (tertiary/aromatic N) is 3. The van der Waals surface area contributed by atoms with Crippen molar-refractivity contribution in [3.63, 3.8) is 0 Å². The summed E-state index contributed by atoms with van der Waals surface area (Å²) in [6, 6.07) is -0.792. The normalized spacial score (nSPS) is 23.7. The molecule has 1 aromatic heterocycles. The molecule has 1 saturated heterocycles. The SMILES string of the molecule is CCON=C(C(=O)NC1C(=O)N2C=C(C(=O)O)C(C)S[C@H]12)c1csc(N)n1.Cl. The number of rotatable bonds is 6. The largest absolute Gasteiger partial charge is 0.478 e. The van der Waals surface area contributed by atoms with E-state index in [0.29, 0.717) is 0 Å². The van der Waals surface area contributed by atoms with Gasteiger partial charge < -0.3 is 25.9 Å². The van der Waals surface area contributed by atoms with Crippen LogP contribution in [-0.2, 0) is 19.2 Å². The summed E-state index contributed by atoms with van der Waals surface area (Å²) in [5, 5.41) is 16.8. The molecular weight excluding hydrogens is 430 g/mol. The van der Waals surface area contributed by atoms with Crippen LogP contribution in [0.1, 0.15) is 19.5 Å². The smallest absolute Gasteiger partial charge is 0.334 e. The summed E-state index contributed by atoms with van der Waals surface area (Å²) in [6.45, 7) is 3.71. The van der Waals surface area contributed by atoms with E-state index in [-0.39, 0.29) is 57.7 Å². The molecule has 10 nitrogen and oxygen atoms in total. The highest BCUT2D eigenvalue weighted by Crippen LogP contribution is 2.40.